The summed E-state index contributed by atoms with van der Waals surface area (Å²) in [5.74, 6) is 0.293. The fourth-order valence-electron chi connectivity index (χ4n) is 2.40. The third-order valence-electron chi connectivity index (χ3n) is 3.61. The van der Waals surface area contributed by atoms with Crippen LogP contribution >= 0.6 is 0 Å². The van der Waals surface area contributed by atoms with E-state index in [9.17, 15) is 9.59 Å². The van der Waals surface area contributed by atoms with E-state index in [1.54, 1.807) is 18.2 Å². The molecule has 0 bridgehead atoms. The first-order valence-corrected chi connectivity index (χ1v) is 7.16. The molecule has 2 aromatic carbocycles. The predicted molar refractivity (Wildman–Crippen MR) is 89.1 cm³/mol. The van der Waals surface area contributed by atoms with Gasteiger partial charge in [0.2, 0.25) is 0 Å². The molecular formula is C19H15NO3. The predicted octanol–water partition coefficient (Wildman–Crippen LogP) is 3.80. The molecule has 1 N–H and O–H groups in total. The molecule has 0 fully saturated rings. The van der Waals surface area contributed by atoms with E-state index < -0.39 is 0 Å². The molecule has 0 radical (unpaired) electrons. The molecule has 0 saturated heterocycles. The number of allylic oxidation sites excluding steroid dienone is 2. The van der Waals surface area contributed by atoms with Crippen molar-refractivity contribution in [2.24, 2.45) is 0 Å². The lowest BCUT2D eigenvalue weighted by Gasteiger charge is -2.09. The average molecular weight is 305 g/mol. The van der Waals surface area contributed by atoms with E-state index in [0.717, 1.165) is 0 Å². The maximum atomic E-state index is 11.4. The first-order chi connectivity index (χ1) is 11.2. The van der Waals surface area contributed by atoms with Crippen molar-refractivity contribution < 1.29 is 14.3 Å². The van der Waals surface area contributed by atoms with Crippen LogP contribution in [0.3, 0.4) is 0 Å². The first-order valence-electron chi connectivity index (χ1n) is 7.16. The lowest BCUT2D eigenvalue weighted by molar-refractivity contribution is 0.0994. The van der Waals surface area contributed by atoms with Crippen LogP contribution in [-0.2, 0) is 0 Å². The van der Waals surface area contributed by atoms with Crippen LogP contribution in [0.2, 0.25) is 0 Å². The SMILES string of the molecule is COc1ccc2c(c1)C(=O)C=CC2=O.c1ccc2[nH]ccc2c1. The van der Waals surface area contributed by atoms with Crippen LogP contribution < -0.4 is 4.74 Å². The maximum absolute atomic E-state index is 11.4. The van der Waals surface area contributed by atoms with Gasteiger partial charge in [0.1, 0.15) is 5.75 Å². The highest BCUT2D eigenvalue weighted by Gasteiger charge is 2.18. The highest BCUT2D eigenvalue weighted by Crippen LogP contribution is 2.22. The van der Waals surface area contributed by atoms with E-state index in [1.165, 1.54) is 30.2 Å². The number of methoxy groups -OCH3 is 1. The summed E-state index contributed by atoms with van der Waals surface area (Å²) in [7, 11) is 1.52. The Morgan fingerprint density at radius 3 is 2.35 bits per heavy atom. The van der Waals surface area contributed by atoms with Crippen LogP contribution in [0, 0.1) is 0 Å². The van der Waals surface area contributed by atoms with E-state index in [4.69, 9.17) is 4.74 Å². The smallest absolute Gasteiger partial charge is 0.186 e. The topological polar surface area (TPSA) is 59.2 Å². The van der Waals surface area contributed by atoms with Gasteiger partial charge in [-0.3, -0.25) is 9.59 Å². The van der Waals surface area contributed by atoms with Gasteiger partial charge in [0.15, 0.2) is 11.6 Å². The summed E-state index contributed by atoms with van der Waals surface area (Å²) in [4.78, 5) is 25.9. The number of ether oxygens (including phenoxy) is 1. The Kier molecular flexibility index (Phi) is 4.06. The highest BCUT2D eigenvalue weighted by atomic mass is 16.5. The van der Waals surface area contributed by atoms with E-state index in [1.807, 2.05) is 18.3 Å². The molecule has 0 atom stereocenters. The molecule has 1 aliphatic carbocycles. The van der Waals surface area contributed by atoms with Crippen molar-refractivity contribution >= 4 is 22.5 Å². The molecule has 1 heterocycles. The van der Waals surface area contributed by atoms with E-state index in [2.05, 4.69) is 23.2 Å². The Hall–Kier alpha value is -3.14. The summed E-state index contributed by atoms with van der Waals surface area (Å²) in [6, 6.07) is 15.1. The number of para-hydroxylation sites is 1. The molecule has 0 amide bonds. The molecular weight excluding hydrogens is 290 g/mol. The van der Waals surface area contributed by atoms with Crippen molar-refractivity contribution in [1.29, 1.82) is 0 Å². The summed E-state index contributed by atoms with van der Waals surface area (Å²) in [5, 5.41) is 1.28. The molecule has 3 aromatic rings. The van der Waals surface area contributed by atoms with Crippen LogP contribution in [0.25, 0.3) is 10.9 Å². The van der Waals surface area contributed by atoms with E-state index >= 15 is 0 Å². The second-order valence-electron chi connectivity index (χ2n) is 5.04. The van der Waals surface area contributed by atoms with Crippen LogP contribution in [0.15, 0.2) is 66.9 Å². The van der Waals surface area contributed by atoms with Gasteiger partial charge in [-0.2, -0.15) is 0 Å². The standard InChI is InChI=1S/C11H8O3.C8H7N/c1-14-7-2-3-8-9(6-7)11(13)5-4-10(8)12;1-2-4-8-7(3-1)5-6-9-8/h2-6H,1H3;1-6,9H. The zero-order chi connectivity index (χ0) is 16.2. The number of hydrogen-bond acceptors (Lipinski definition) is 3. The minimum atomic E-state index is -0.154. The number of aromatic nitrogens is 1. The molecule has 1 aromatic heterocycles. The fraction of sp³-hybridized carbons (Fsp3) is 0.0526. The lowest BCUT2D eigenvalue weighted by Crippen LogP contribution is -2.11. The van der Waals surface area contributed by atoms with Crippen LogP contribution in [0.1, 0.15) is 20.7 Å². The molecule has 23 heavy (non-hydrogen) atoms. The number of rotatable bonds is 1. The zero-order valence-corrected chi connectivity index (χ0v) is 12.6. The Morgan fingerprint density at radius 1 is 0.870 bits per heavy atom. The van der Waals surface area contributed by atoms with Gasteiger partial charge in [0, 0.05) is 22.8 Å². The van der Waals surface area contributed by atoms with E-state index in [-0.39, 0.29) is 11.6 Å². The summed E-state index contributed by atoms with van der Waals surface area (Å²) >= 11 is 0. The average Bonchev–Trinajstić information content (AvgIpc) is 3.07. The van der Waals surface area contributed by atoms with Gasteiger partial charge in [-0.1, -0.05) is 18.2 Å². The van der Waals surface area contributed by atoms with Gasteiger partial charge >= 0.3 is 0 Å². The van der Waals surface area contributed by atoms with Gasteiger partial charge < -0.3 is 9.72 Å². The minimum Gasteiger partial charge on any atom is -0.497 e. The third-order valence-corrected chi connectivity index (χ3v) is 3.61. The molecule has 0 unspecified atom stereocenters. The monoisotopic (exact) mass is 305 g/mol. The molecule has 0 aliphatic heterocycles. The number of benzene rings is 2. The number of hydrogen-bond donors (Lipinski definition) is 1. The van der Waals surface area contributed by atoms with Gasteiger partial charge in [-0.25, -0.2) is 0 Å². The molecule has 4 nitrogen and oxygen atoms in total. The van der Waals surface area contributed by atoms with Gasteiger partial charge in [0.25, 0.3) is 0 Å². The second kappa shape index (κ2) is 6.32. The molecule has 4 rings (SSSR count). The Bertz CT molecular complexity index is 876. The number of carbonyl (C=O) groups excluding carboxylic acids is 2. The first kappa shape index (κ1) is 14.8. The van der Waals surface area contributed by atoms with Crippen molar-refractivity contribution in [3.8, 4) is 5.75 Å². The Labute approximate surface area is 133 Å². The van der Waals surface area contributed by atoms with Crippen LogP contribution in [0.5, 0.6) is 5.75 Å². The molecule has 0 saturated carbocycles. The zero-order valence-electron chi connectivity index (χ0n) is 12.6. The van der Waals surface area contributed by atoms with Crippen molar-refractivity contribution in [1.82, 2.24) is 4.98 Å². The fourth-order valence-corrected chi connectivity index (χ4v) is 2.40. The number of H-pyrrole nitrogens is 1. The molecule has 1 aliphatic rings. The number of fused-ring (bicyclic) bond motifs is 2. The highest BCUT2D eigenvalue weighted by molar-refractivity contribution is 6.22. The van der Waals surface area contributed by atoms with Crippen molar-refractivity contribution in [2.45, 2.75) is 0 Å². The summed E-state index contributed by atoms with van der Waals surface area (Å²) in [5.41, 5.74) is 2.06. The third kappa shape index (κ3) is 3.06. The van der Waals surface area contributed by atoms with Gasteiger partial charge in [-0.15, -0.1) is 0 Å². The van der Waals surface area contributed by atoms with Crippen molar-refractivity contribution in [3.05, 3.63) is 78.0 Å². The minimum absolute atomic E-state index is 0.137. The lowest BCUT2D eigenvalue weighted by atomic mass is 9.95. The Balaban J connectivity index is 0.000000149. The largest absolute Gasteiger partial charge is 0.497 e. The maximum Gasteiger partial charge on any atom is 0.186 e. The normalized spacial score (nSPS) is 12.6. The second-order valence-corrected chi connectivity index (χ2v) is 5.04. The van der Waals surface area contributed by atoms with Crippen molar-refractivity contribution in [2.75, 3.05) is 7.11 Å². The van der Waals surface area contributed by atoms with Crippen LogP contribution in [0.4, 0.5) is 0 Å². The van der Waals surface area contributed by atoms with Gasteiger partial charge in [-0.05, 0) is 47.9 Å². The number of carbonyl (C=O) groups is 2. The number of aromatic amines is 1. The number of nitrogens with one attached hydrogen (secondary N) is 1. The molecule has 0 spiro atoms. The molecule has 114 valence electrons. The quantitative estimate of drug-likeness (QED) is 0.744. The van der Waals surface area contributed by atoms with E-state index in [0.29, 0.717) is 16.9 Å². The van der Waals surface area contributed by atoms with Gasteiger partial charge in [0.05, 0.1) is 7.11 Å². The summed E-state index contributed by atoms with van der Waals surface area (Å²) in [6.07, 6.45) is 4.52. The molecule has 4 heteroatoms. The summed E-state index contributed by atoms with van der Waals surface area (Å²) in [6.45, 7) is 0. The van der Waals surface area contributed by atoms with Crippen LogP contribution in [-0.4, -0.2) is 23.7 Å². The van der Waals surface area contributed by atoms with Crippen molar-refractivity contribution in [3.63, 3.8) is 0 Å². The Morgan fingerprint density at radius 2 is 1.61 bits per heavy atom. The number of ketones is 2. The summed E-state index contributed by atoms with van der Waals surface area (Å²) < 4.78 is 4.98.